The van der Waals surface area contributed by atoms with E-state index in [-0.39, 0.29) is 12.4 Å². The zero-order chi connectivity index (χ0) is 12.9. The summed E-state index contributed by atoms with van der Waals surface area (Å²) in [6, 6.07) is 6.93. The van der Waals surface area contributed by atoms with E-state index in [2.05, 4.69) is 0 Å². The monoisotopic (exact) mass is 274 g/mol. The molecule has 96 valence electrons. The SMILES string of the molecule is CCS(=O)(=O)c1ccc(SC(C)CCO)cc1. The highest BCUT2D eigenvalue weighted by molar-refractivity contribution is 8.00. The van der Waals surface area contributed by atoms with Gasteiger partial charge in [0.1, 0.15) is 0 Å². The van der Waals surface area contributed by atoms with Crippen molar-refractivity contribution in [3.8, 4) is 0 Å². The first-order chi connectivity index (χ1) is 7.99. The van der Waals surface area contributed by atoms with Crippen LogP contribution in [0.3, 0.4) is 0 Å². The summed E-state index contributed by atoms with van der Waals surface area (Å²) in [7, 11) is -3.10. The summed E-state index contributed by atoms with van der Waals surface area (Å²) in [4.78, 5) is 1.40. The fourth-order valence-electron chi connectivity index (χ4n) is 1.37. The molecule has 3 nitrogen and oxygen atoms in total. The quantitative estimate of drug-likeness (QED) is 0.809. The maximum atomic E-state index is 11.6. The molecule has 17 heavy (non-hydrogen) atoms. The first-order valence-electron chi connectivity index (χ1n) is 5.60. The predicted octanol–water partition coefficient (Wildman–Crippen LogP) is 2.34. The minimum Gasteiger partial charge on any atom is -0.396 e. The van der Waals surface area contributed by atoms with Crippen LogP contribution in [0.2, 0.25) is 0 Å². The predicted molar refractivity (Wildman–Crippen MR) is 71.2 cm³/mol. The van der Waals surface area contributed by atoms with Crippen molar-refractivity contribution >= 4 is 21.6 Å². The van der Waals surface area contributed by atoms with Crippen molar-refractivity contribution in [2.24, 2.45) is 0 Å². The van der Waals surface area contributed by atoms with Crippen molar-refractivity contribution in [3.63, 3.8) is 0 Å². The minimum absolute atomic E-state index is 0.125. The standard InChI is InChI=1S/C12H18O3S2/c1-3-17(14,15)12-6-4-11(5-7-12)16-10(2)8-9-13/h4-7,10,13H,3,8-9H2,1-2H3. The van der Waals surface area contributed by atoms with Crippen molar-refractivity contribution in [1.82, 2.24) is 0 Å². The highest BCUT2D eigenvalue weighted by atomic mass is 32.2. The molecule has 0 aliphatic rings. The molecule has 0 saturated carbocycles. The second kappa shape index (κ2) is 6.42. The number of benzene rings is 1. The van der Waals surface area contributed by atoms with Crippen molar-refractivity contribution in [1.29, 1.82) is 0 Å². The molecule has 1 rings (SSSR count). The maximum absolute atomic E-state index is 11.6. The van der Waals surface area contributed by atoms with Crippen LogP contribution in [0.1, 0.15) is 20.3 Å². The van der Waals surface area contributed by atoms with Crippen molar-refractivity contribution in [3.05, 3.63) is 24.3 Å². The molecule has 5 heteroatoms. The van der Waals surface area contributed by atoms with E-state index in [1.807, 2.05) is 19.1 Å². The van der Waals surface area contributed by atoms with Crippen LogP contribution >= 0.6 is 11.8 Å². The fourth-order valence-corrected chi connectivity index (χ4v) is 3.23. The number of hydrogen-bond acceptors (Lipinski definition) is 4. The summed E-state index contributed by atoms with van der Waals surface area (Å²) in [5, 5.41) is 9.13. The Morgan fingerprint density at radius 1 is 1.29 bits per heavy atom. The van der Waals surface area contributed by atoms with E-state index in [4.69, 9.17) is 5.11 Å². The van der Waals surface area contributed by atoms with Crippen LogP contribution in [-0.2, 0) is 9.84 Å². The molecule has 0 radical (unpaired) electrons. The van der Waals surface area contributed by atoms with E-state index < -0.39 is 9.84 Å². The molecule has 0 aliphatic carbocycles. The van der Waals surface area contributed by atoms with Gasteiger partial charge < -0.3 is 5.11 Å². The zero-order valence-electron chi connectivity index (χ0n) is 10.1. The van der Waals surface area contributed by atoms with Gasteiger partial charge in [0.15, 0.2) is 9.84 Å². The number of rotatable bonds is 6. The van der Waals surface area contributed by atoms with Crippen LogP contribution < -0.4 is 0 Å². The van der Waals surface area contributed by atoms with Gasteiger partial charge in [0.2, 0.25) is 0 Å². The first-order valence-corrected chi connectivity index (χ1v) is 8.13. The zero-order valence-corrected chi connectivity index (χ0v) is 11.7. The van der Waals surface area contributed by atoms with Crippen LogP contribution in [0.4, 0.5) is 0 Å². The second-order valence-electron chi connectivity index (χ2n) is 3.82. The summed E-state index contributed by atoms with van der Waals surface area (Å²) in [5.41, 5.74) is 0. The van der Waals surface area contributed by atoms with Gasteiger partial charge in [-0.25, -0.2) is 8.42 Å². The maximum Gasteiger partial charge on any atom is 0.178 e. The Kier molecular flexibility index (Phi) is 5.49. The van der Waals surface area contributed by atoms with Crippen molar-refractivity contribution < 1.29 is 13.5 Å². The number of aliphatic hydroxyl groups is 1. The molecule has 0 spiro atoms. The Morgan fingerprint density at radius 2 is 1.88 bits per heavy atom. The average molecular weight is 274 g/mol. The summed E-state index contributed by atoms with van der Waals surface area (Å²) in [5.74, 6) is 0.125. The average Bonchev–Trinajstić information content (AvgIpc) is 2.30. The van der Waals surface area contributed by atoms with Gasteiger partial charge in [-0.15, -0.1) is 11.8 Å². The number of sulfone groups is 1. The Balaban J connectivity index is 2.75. The Bertz CT molecular complexity index is 437. The molecule has 0 aromatic heterocycles. The van der Waals surface area contributed by atoms with Gasteiger partial charge in [0, 0.05) is 16.8 Å². The molecule has 0 aliphatic heterocycles. The molecule has 0 saturated heterocycles. The molecule has 0 amide bonds. The van der Waals surface area contributed by atoms with E-state index in [9.17, 15) is 8.42 Å². The fraction of sp³-hybridized carbons (Fsp3) is 0.500. The highest BCUT2D eigenvalue weighted by Crippen LogP contribution is 2.26. The summed E-state index contributed by atoms with van der Waals surface area (Å²) < 4.78 is 23.2. The Labute approximate surface area is 107 Å². The lowest BCUT2D eigenvalue weighted by molar-refractivity contribution is 0.289. The summed E-state index contributed by atoms with van der Waals surface area (Å²) in [6.45, 7) is 3.86. The van der Waals surface area contributed by atoms with E-state index >= 15 is 0 Å². The summed E-state index contributed by atoms with van der Waals surface area (Å²) >= 11 is 1.64. The number of aliphatic hydroxyl groups excluding tert-OH is 1. The first kappa shape index (κ1) is 14.5. The van der Waals surface area contributed by atoms with Gasteiger partial charge in [-0.2, -0.15) is 0 Å². The third-order valence-electron chi connectivity index (χ3n) is 2.44. The Hall–Kier alpha value is -0.520. The molecular weight excluding hydrogens is 256 g/mol. The molecule has 1 N–H and O–H groups in total. The molecule has 1 aromatic rings. The van der Waals surface area contributed by atoms with Crippen LogP contribution in [0.25, 0.3) is 0 Å². The molecular formula is C12H18O3S2. The van der Waals surface area contributed by atoms with Crippen LogP contribution in [0.15, 0.2) is 34.1 Å². The van der Waals surface area contributed by atoms with Crippen LogP contribution in [0, 0.1) is 0 Å². The van der Waals surface area contributed by atoms with Crippen LogP contribution in [-0.4, -0.2) is 31.1 Å². The molecule has 1 unspecified atom stereocenters. The lowest BCUT2D eigenvalue weighted by atomic mass is 10.3. The van der Waals surface area contributed by atoms with E-state index in [0.717, 1.165) is 11.3 Å². The third-order valence-corrected chi connectivity index (χ3v) is 5.37. The van der Waals surface area contributed by atoms with Crippen molar-refractivity contribution in [2.75, 3.05) is 12.4 Å². The lowest BCUT2D eigenvalue weighted by Gasteiger charge is -2.09. The van der Waals surface area contributed by atoms with Gasteiger partial charge in [0.25, 0.3) is 0 Å². The molecule has 0 heterocycles. The number of thioether (sulfide) groups is 1. The van der Waals surface area contributed by atoms with Gasteiger partial charge in [-0.3, -0.25) is 0 Å². The van der Waals surface area contributed by atoms with Crippen molar-refractivity contribution in [2.45, 2.75) is 35.3 Å². The smallest absolute Gasteiger partial charge is 0.178 e. The topological polar surface area (TPSA) is 54.4 Å². The minimum atomic E-state index is -3.10. The highest BCUT2D eigenvalue weighted by Gasteiger charge is 2.11. The second-order valence-corrected chi connectivity index (χ2v) is 7.61. The van der Waals surface area contributed by atoms with E-state index in [1.165, 1.54) is 0 Å². The van der Waals surface area contributed by atoms with Gasteiger partial charge in [-0.05, 0) is 30.7 Å². The third kappa shape index (κ3) is 4.33. The largest absolute Gasteiger partial charge is 0.396 e. The molecule has 0 fully saturated rings. The molecule has 1 aromatic carbocycles. The normalized spacial score (nSPS) is 13.6. The molecule has 0 bridgehead atoms. The van der Waals surface area contributed by atoms with E-state index in [0.29, 0.717) is 10.1 Å². The Morgan fingerprint density at radius 3 is 2.35 bits per heavy atom. The molecule has 1 atom stereocenters. The van der Waals surface area contributed by atoms with Crippen LogP contribution in [0.5, 0.6) is 0 Å². The van der Waals surface area contributed by atoms with Gasteiger partial charge >= 0.3 is 0 Å². The summed E-state index contributed by atoms with van der Waals surface area (Å²) in [6.07, 6.45) is 0.736. The number of hydrogen-bond donors (Lipinski definition) is 1. The lowest BCUT2D eigenvalue weighted by Crippen LogP contribution is -2.03. The van der Waals surface area contributed by atoms with Gasteiger partial charge in [0.05, 0.1) is 10.6 Å². The van der Waals surface area contributed by atoms with Gasteiger partial charge in [-0.1, -0.05) is 13.8 Å². The van der Waals surface area contributed by atoms with E-state index in [1.54, 1.807) is 30.8 Å².